The molecule has 0 saturated carbocycles. The van der Waals surface area contributed by atoms with Crippen LogP contribution < -0.4 is 0 Å². The van der Waals surface area contributed by atoms with E-state index in [2.05, 4.69) is 19.8 Å². The van der Waals surface area contributed by atoms with Crippen molar-refractivity contribution in [2.24, 2.45) is 5.92 Å². The molecule has 0 rings (SSSR count). The summed E-state index contributed by atoms with van der Waals surface area (Å²) < 4.78 is 5.42. The van der Waals surface area contributed by atoms with E-state index < -0.39 is 0 Å². The highest BCUT2D eigenvalue weighted by molar-refractivity contribution is 4.85. The number of ether oxygens (including phenoxy) is 1. The average Bonchev–Trinajstić information content (AvgIpc) is 2.05. The first-order valence-corrected chi connectivity index (χ1v) is 4.82. The molecule has 70 valence electrons. The van der Waals surface area contributed by atoms with Gasteiger partial charge in [0.05, 0.1) is 0 Å². The van der Waals surface area contributed by atoms with Crippen molar-refractivity contribution in [2.75, 3.05) is 13.2 Å². The van der Waals surface area contributed by atoms with Crippen LogP contribution in [0, 0.1) is 18.3 Å². The van der Waals surface area contributed by atoms with E-state index in [1.807, 2.05) is 0 Å². The fourth-order valence-electron chi connectivity index (χ4n) is 0.936. The molecular formula is C11H20O. The van der Waals surface area contributed by atoms with Gasteiger partial charge in [0.15, 0.2) is 0 Å². The van der Waals surface area contributed by atoms with E-state index >= 15 is 0 Å². The Morgan fingerprint density at radius 1 is 1.42 bits per heavy atom. The molecule has 0 bridgehead atoms. The summed E-state index contributed by atoms with van der Waals surface area (Å²) >= 11 is 0. The van der Waals surface area contributed by atoms with Crippen LogP contribution in [0.3, 0.4) is 0 Å². The molecule has 0 aromatic heterocycles. The molecule has 0 radical (unpaired) electrons. The van der Waals surface area contributed by atoms with Gasteiger partial charge in [-0.3, -0.25) is 0 Å². The van der Waals surface area contributed by atoms with Crippen LogP contribution in [0.4, 0.5) is 0 Å². The highest BCUT2D eigenvalue weighted by Gasteiger charge is 1.98. The molecule has 1 nitrogen and oxygen atoms in total. The van der Waals surface area contributed by atoms with Gasteiger partial charge < -0.3 is 4.74 Å². The molecule has 0 fully saturated rings. The molecule has 0 aliphatic carbocycles. The van der Waals surface area contributed by atoms with Gasteiger partial charge in [0.2, 0.25) is 0 Å². The van der Waals surface area contributed by atoms with Gasteiger partial charge in [0.1, 0.15) is 0 Å². The number of hydrogen-bond acceptors (Lipinski definition) is 1. The molecule has 1 heteroatoms. The lowest BCUT2D eigenvalue weighted by Crippen LogP contribution is -2.02. The first-order valence-electron chi connectivity index (χ1n) is 4.82. The minimum atomic E-state index is 0.608. The summed E-state index contributed by atoms with van der Waals surface area (Å²) in [7, 11) is 0. The SMILES string of the molecule is C#CC[C@@H](C)CCOCCCC. The van der Waals surface area contributed by atoms with Crippen LogP contribution in [0.15, 0.2) is 0 Å². The van der Waals surface area contributed by atoms with Crippen LogP contribution in [0.2, 0.25) is 0 Å². The van der Waals surface area contributed by atoms with Gasteiger partial charge in [-0.25, -0.2) is 0 Å². The highest BCUT2D eigenvalue weighted by atomic mass is 16.5. The predicted molar refractivity (Wildman–Crippen MR) is 53.0 cm³/mol. The zero-order valence-electron chi connectivity index (χ0n) is 8.31. The Labute approximate surface area is 76.5 Å². The normalized spacial score (nSPS) is 12.4. The first-order chi connectivity index (χ1) is 5.81. The lowest BCUT2D eigenvalue weighted by Gasteiger charge is -2.07. The quantitative estimate of drug-likeness (QED) is 0.419. The largest absolute Gasteiger partial charge is 0.381 e. The standard InChI is InChI=1S/C11H20O/c1-4-6-9-12-10-8-11(3)7-5-2/h2,11H,4,6-10H2,1,3H3/t11-/m1/s1. The summed E-state index contributed by atoms with van der Waals surface area (Å²) in [6, 6.07) is 0. The summed E-state index contributed by atoms with van der Waals surface area (Å²) in [5.74, 6) is 3.27. The van der Waals surface area contributed by atoms with Crippen LogP contribution in [0.25, 0.3) is 0 Å². The Balaban J connectivity index is 3.04. The lowest BCUT2D eigenvalue weighted by atomic mass is 10.1. The van der Waals surface area contributed by atoms with E-state index in [1.54, 1.807) is 0 Å². The van der Waals surface area contributed by atoms with Crippen LogP contribution in [-0.2, 0) is 4.74 Å². The molecule has 12 heavy (non-hydrogen) atoms. The second-order valence-electron chi connectivity index (χ2n) is 3.27. The molecule has 0 amide bonds. The van der Waals surface area contributed by atoms with Crippen LogP contribution in [0.1, 0.15) is 39.5 Å². The predicted octanol–water partition coefficient (Wildman–Crippen LogP) is 2.85. The summed E-state index contributed by atoms with van der Waals surface area (Å²) in [6.45, 7) is 6.11. The van der Waals surface area contributed by atoms with Crippen molar-refractivity contribution in [3.8, 4) is 12.3 Å². The summed E-state index contributed by atoms with van der Waals surface area (Å²) in [5, 5.41) is 0. The molecule has 0 N–H and O–H groups in total. The maximum Gasteiger partial charge on any atom is 0.0468 e. The number of unbranched alkanes of at least 4 members (excludes halogenated alkanes) is 1. The molecule has 0 unspecified atom stereocenters. The molecule has 0 aromatic carbocycles. The first kappa shape index (κ1) is 11.5. The van der Waals surface area contributed by atoms with E-state index in [4.69, 9.17) is 11.2 Å². The number of rotatable bonds is 7. The van der Waals surface area contributed by atoms with Crippen molar-refractivity contribution >= 4 is 0 Å². The fraction of sp³-hybridized carbons (Fsp3) is 0.818. The summed E-state index contributed by atoms with van der Waals surface area (Å²) in [5.41, 5.74) is 0. The Kier molecular flexibility index (Phi) is 8.27. The minimum absolute atomic E-state index is 0.608. The molecule has 0 saturated heterocycles. The van der Waals surface area contributed by atoms with Gasteiger partial charge in [0.25, 0.3) is 0 Å². The number of terminal acetylenes is 1. The minimum Gasteiger partial charge on any atom is -0.381 e. The second kappa shape index (κ2) is 8.62. The maximum atomic E-state index is 5.42. The van der Waals surface area contributed by atoms with Crippen molar-refractivity contribution in [3.05, 3.63) is 0 Å². The van der Waals surface area contributed by atoms with Crippen molar-refractivity contribution in [1.82, 2.24) is 0 Å². The average molecular weight is 168 g/mol. The molecule has 0 spiro atoms. The van der Waals surface area contributed by atoms with Gasteiger partial charge in [-0.15, -0.1) is 12.3 Å². The fourth-order valence-corrected chi connectivity index (χ4v) is 0.936. The van der Waals surface area contributed by atoms with Gasteiger partial charge in [-0.05, 0) is 18.8 Å². The van der Waals surface area contributed by atoms with Crippen molar-refractivity contribution in [2.45, 2.75) is 39.5 Å². The Hall–Kier alpha value is -0.480. The van der Waals surface area contributed by atoms with Crippen molar-refractivity contribution in [3.63, 3.8) is 0 Å². The van der Waals surface area contributed by atoms with E-state index in [1.165, 1.54) is 12.8 Å². The molecular weight excluding hydrogens is 148 g/mol. The Bertz CT molecular complexity index is 123. The van der Waals surface area contributed by atoms with E-state index in [-0.39, 0.29) is 0 Å². The molecule has 0 aromatic rings. The van der Waals surface area contributed by atoms with Crippen LogP contribution in [-0.4, -0.2) is 13.2 Å². The van der Waals surface area contributed by atoms with E-state index in [0.717, 1.165) is 26.1 Å². The van der Waals surface area contributed by atoms with Crippen LogP contribution >= 0.6 is 0 Å². The monoisotopic (exact) mass is 168 g/mol. The zero-order chi connectivity index (χ0) is 9.23. The molecule has 1 atom stereocenters. The second-order valence-corrected chi connectivity index (χ2v) is 3.27. The third-order valence-corrected chi connectivity index (χ3v) is 1.86. The van der Waals surface area contributed by atoms with Gasteiger partial charge in [-0.1, -0.05) is 20.3 Å². The third-order valence-electron chi connectivity index (χ3n) is 1.86. The number of hydrogen-bond donors (Lipinski definition) is 0. The highest BCUT2D eigenvalue weighted by Crippen LogP contribution is 2.05. The topological polar surface area (TPSA) is 9.23 Å². The van der Waals surface area contributed by atoms with Gasteiger partial charge >= 0.3 is 0 Å². The lowest BCUT2D eigenvalue weighted by molar-refractivity contribution is 0.119. The maximum absolute atomic E-state index is 5.42. The molecule has 0 aliphatic heterocycles. The summed E-state index contributed by atoms with van der Waals surface area (Å²) in [6.07, 6.45) is 9.53. The van der Waals surface area contributed by atoms with Crippen molar-refractivity contribution < 1.29 is 4.74 Å². The smallest absolute Gasteiger partial charge is 0.0468 e. The van der Waals surface area contributed by atoms with Crippen LogP contribution in [0.5, 0.6) is 0 Å². The van der Waals surface area contributed by atoms with E-state index in [0.29, 0.717) is 5.92 Å². The third kappa shape index (κ3) is 7.63. The van der Waals surface area contributed by atoms with E-state index in [9.17, 15) is 0 Å². The Morgan fingerprint density at radius 2 is 2.17 bits per heavy atom. The van der Waals surface area contributed by atoms with Gasteiger partial charge in [-0.2, -0.15) is 0 Å². The summed E-state index contributed by atoms with van der Waals surface area (Å²) in [4.78, 5) is 0. The Morgan fingerprint density at radius 3 is 2.75 bits per heavy atom. The van der Waals surface area contributed by atoms with Crippen molar-refractivity contribution in [1.29, 1.82) is 0 Å². The molecule has 0 aliphatic rings. The molecule has 0 heterocycles. The zero-order valence-corrected chi connectivity index (χ0v) is 8.31. The van der Waals surface area contributed by atoms with Gasteiger partial charge in [0, 0.05) is 19.6 Å².